The Kier molecular flexibility index (Phi) is 4.24. The summed E-state index contributed by atoms with van der Waals surface area (Å²) in [6.07, 6.45) is 5.02. The number of hydrogen-bond donors (Lipinski definition) is 0. The molecule has 1 saturated carbocycles. The van der Waals surface area contributed by atoms with Crippen molar-refractivity contribution in [3.8, 4) is 5.88 Å². The van der Waals surface area contributed by atoms with Crippen molar-refractivity contribution >= 4 is 11.3 Å². The second-order valence-corrected chi connectivity index (χ2v) is 6.80. The molecule has 2 aliphatic rings. The summed E-state index contributed by atoms with van der Waals surface area (Å²) < 4.78 is 25.5. The molecule has 0 radical (unpaired) electrons. The van der Waals surface area contributed by atoms with Gasteiger partial charge in [0.15, 0.2) is 5.82 Å². The van der Waals surface area contributed by atoms with Gasteiger partial charge in [0.2, 0.25) is 0 Å². The van der Waals surface area contributed by atoms with Crippen LogP contribution in [0, 0.1) is 5.82 Å². The van der Waals surface area contributed by atoms with Crippen LogP contribution in [0.2, 0.25) is 0 Å². The first-order valence-corrected chi connectivity index (χ1v) is 8.70. The lowest BCUT2D eigenvalue weighted by atomic mass is 10.1. The van der Waals surface area contributed by atoms with Crippen LogP contribution in [0.3, 0.4) is 0 Å². The molecule has 1 aliphatic heterocycles. The Hall–Kier alpha value is -1.57. The van der Waals surface area contributed by atoms with Crippen molar-refractivity contribution in [3.63, 3.8) is 0 Å². The topological polar surface area (TPSA) is 47.5 Å². The first-order chi connectivity index (χ1) is 11.3. The standard InChI is InChI=1S/C16H18FN3O2S/c17-11-2-1-5-19-16(11)22-13-4-3-12-15(13)21-8-7-20(12)10-14-18-6-9-23-14/h1-2,5-6,9,12-13,15H,3-4,7-8,10H2/t12-,13-,15+/m0/s1. The molecule has 122 valence electrons. The van der Waals surface area contributed by atoms with Gasteiger partial charge in [-0.05, 0) is 25.0 Å². The minimum absolute atomic E-state index is 0.0369. The van der Waals surface area contributed by atoms with Crippen LogP contribution >= 0.6 is 11.3 Å². The van der Waals surface area contributed by atoms with E-state index in [0.717, 1.165) is 30.9 Å². The lowest BCUT2D eigenvalue weighted by Crippen LogP contribution is -2.51. The van der Waals surface area contributed by atoms with Crippen molar-refractivity contribution in [2.45, 2.75) is 37.6 Å². The van der Waals surface area contributed by atoms with Crippen molar-refractivity contribution in [1.82, 2.24) is 14.9 Å². The molecule has 3 atom stereocenters. The summed E-state index contributed by atoms with van der Waals surface area (Å²) in [7, 11) is 0. The van der Waals surface area contributed by atoms with E-state index in [1.54, 1.807) is 23.6 Å². The number of aromatic nitrogens is 2. The van der Waals surface area contributed by atoms with Crippen molar-refractivity contribution in [2.75, 3.05) is 13.2 Å². The van der Waals surface area contributed by atoms with Gasteiger partial charge >= 0.3 is 0 Å². The average molecular weight is 335 g/mol. The maximum Gasteiger partial charge on any atom is 0.250 e. The first-order valence-electron chi connectivity index (χ1n) is 7.82. The van der Waals surface area contributed by atoms with E-state index in [9.17, 15) is 4.39 Å². The second-order valence-electron chi connectivity index (χ2n) is 5.82. The molecule has 0 aromatic carbocycles. The van der Waals surface area contributed by atoms with E-state index in [1.165, 1.54) is 6.07 Å². The fourth-order valence-corrected chi connectivity index (χ4v) is 4.06. The van der Waals surface area contributed by atoms with E-state index < -0.39 is 5.82 Å². The van der Waals surface area contributed by atoms with Gasteiger partial charge < -0.3 is 9.47 Å². The number of hydrogen-bond acceptors (Lipinski definition) is 6. The fraction of sp³-hybridized carbons (Fsp3) is 0.500. The Bertz CT molecular complexity index is 655. The number of halogens is 1. The van der Waals surface area contributed by atoms with Gasteiger partial charge in [-0.2, -0.15) is 0 Å². The van der Waals surface area contributed by atoms with E-state index in [0.29, 0.717) is 12.6 Å². The van der Waals surface area contributed by atoms with Gasteiger partial charge in [0, 0.05) is 30.4 Å². The van der Waals surface area contributed by atoms with Crippen molar-refractivity contribution < 1.29 is 13.9 Å². The van der Waals surface area contributed by atoms with Crippen LogP contribution in [0.4, 0.5) is 4.39 Å². The van der Waals surface area contributed by atoms with Crippen LogP contribution in [0.15, 0.2) is 29.9 Å². The van der Waals surface area contributed by atoms with Gasteiger partial charge in [0.05, 0.1) is 13.2 Å². The van der Waals surface area contributed by atoms with Crippen LogP contribution in [0.1, 0.15) is 17.8 Å². The highest BCUT2D eigenvalue weighted by molar-refractivity contribution is 7.09. The molecule has 1 aliphatic carbocycles. The minimum atomic E-state index is -0.425. The molecule has 7 heteroatoms. The highest BCUT2D eigenvalue weighted by Crippen LogP contribution is 2.34. The second kappa shape index (κ2) is 6.51. The minimum Gasteiger partial charge on any atom is -0.469 e. The van der Waals surface area contributed by atoms with Crippen molar-refractivity contribution in [3.05, 3.63) is 40.7 Å². The third-order valence-electron chi connectivity index (χ3n) is 4.46. The summed E-state index contributed by atoms with van der Waals surface area (Å²) in [6.45, 7) is 2.40. The molecule has 0 N–H and O–H groups in total. The first kappa shape index (κ1) is 15.0. The maximum absolute atomic E-state index is 13.8. The normalized spacial score (nSPS) is 27.8. The monoisotopic (exact) mass is 335 g/mol. The van der Waals surface area contributed by atoms with Gasteiger partial charge in [0.25, 0.3) is 5.88 Å². The summed E-state index contributed by atoms with van der Waals surface area (Å²) in [6, 6.07) is 3.22. The van der Waals surface area contributed by atoms with Crippen LogP contribution in [0.5, 0.6) is 5.88 Å². The number of morpholine rings is 1. The molecule has 4 rings (SSSR count). The van der Waals surface area contributed by atoms with Gasteiger partial charge in [-0.15, -0.1) is 11.3 Å². The molecular formula is C16H18FN3O2S. The van der Waals surface area contributed by atoms with Gasteiger partial charge in [-0.25, -0.2) is 14.4 Å². The number of ether oxygens (including phenoxy) is 2. The third-order valence-corrected chi connectivity index (χ3v) is 5.22. The molecule has 0 unspecified atom stereocenters. The van der Waals surface area contributed by atoms with E-state index in [2.05, 4.69) is 14.9 Å². The van der Waals surface area contributed by atoms with Crippen LogP contribution < -0.4 is 4.74 Å². The molecule has 23 heavy (non-hydrogen) atoms. The predicted octanol–water partition coefficient (Wildman–Crippen LogP) is 2.49. The lowest BCUT2D eigenvalue weighted by molar-refractivity contribution is -0.0927. The summed E-state index contributed by atoms with van der Waals surface area (Å²) in [5.41, 5.74) is 0. The molecule has 2 fully saturated rings. The van der Waals surface area contributed by atoms with Crippen molar-refractivity contribution in [1.29, 1.82) is 0 Å². The molecule has 0 bridgehead atoms. The quantitative estimate of drug-likeness (QED) is 0.859. The zero-order valence-electron chi connectivity index (χ0n) is 12.6. The largest absolute Gasteiger partial charge is 0.469 e. The number of thiazole rings is 1. The Morgan fingerprint density at radius 2 is 2.30 bits per heavy atom. The van der Waals surface area contributed by atoms with Crippen LogP contribution in [-0.2, 0) is 11.3 Å². The Balaban J connectivity index is 1.46. The number of fused-ring (bicyclic) bond motifs is 1. The SMILES string of the molecule is Fc1cccnc1O[C@H]1CC[C@H]2[C@H]1OCCN2Cc1nccs1. The zero-order valence-corrected chi connectivity index (χ0v) is 13.4. The molecule has 1 saturated heterocycles. The summed E-state index contributed by atoms with van der Waals surface area (Å²) in [5, 5.41) is 3.11. The molecular weight excluding hydrogens is 317 g/mol. The smallest absolute Gasteiger partial charge is 0.250 e. The molecule has 3 heterocycles. The van der Waals surface area contributed by atoms with E-state index in [-0.39, 0.29) is 18.1 Å². The summed E-state index contributed by atoms with van der Waals surface area (Å²) >= 11 is 1.67. The number of nitrogens with zero attached hydrogens (tertiary/aromatic N) is 3. The Morgan fingerprint density at radius 1 is 1.35 bits per heavy atom. The fourth-order valence-electron chi connectivity index (χ4n) is 3.42. The van der Waals surface area contributed by atoms with Gasteiger partial charge in [0.1, 0.15) is 17.2 Å². The predicted molar refractivity (Wildman–Crippen MR) is 83.9 cm³/mol. The van der Waals surface area contributed by atoms with E-state index in [1.807, 2.05) is 11.6 Å². The lowest BCUT2D eigenvalue weighted by Gasteiger charge is -2.38. The highest BCUT2D eigenvalue weighted by atomic mass is 32.1. The molecule has 5 nitrogen and oxygen atoms in total. The zero-order chi connectivity index (χ0) is 15.6. The van der Waals surface area contributed by atoms with Crippen LogP contribution in [-0.4, -0.2) is 46.3 Å². The number of rotatable bonds is 4. The highest BCUT2D eigenvalue weighted by Gasteiger charge is 2.44. The Labute approximate surface area is 138 Å². The number of pyridine rings is 1. The van der Waals surface area contributed by atoms with Crippen LogP contribution in [0.25, 0.3) is 0 Å². The summed E-state index contributed by atoms with van der Waals surface area (Å²) in [5.74, 6) is -0.356. The summed E-state index contributed by atoms with van der Waals surface area (Å²) in [4.78, 5) is 10.8. The van der Waals surface area contributed by atoms with E-state index in [4.69, 9.17) is 9.47 Å². The maximum atomic E-state index is 13.8. The van der Waals surface area contributed by atoms with Gasteiger partial charge in [-0.1, -0.05) is 0 Å². The molecule has 0 spiro atoms. The van der Waals surface area contributed by atoms with E-state index >= 15 is 0 Å². The molecule has 0 amide bonds. The van der Waals surface area contributed by atoms with Crippen molar-refractivity contribution in [2.24, 2.45) is 0 Å². The van der Waals surface area contributed by atoms with Gasteiger partial charge in [-0.3, -0.25) is 4.90 Å². The average Bonchev–Trinajstić information content (AvgIpc) is 3.20. The Morgan fingerprint density at radius 3 is 3.13 bits per heavy atom. The molecule has 2 aromatic heterocycles. The molecule has 2 aromatic rings. The third kappa shape index (κ3) is 3.08.